The number of hydrogen-bond donors (Lipinski definition) is 1. The summed E-state index contributed by atoms with van der Waals surface area (Å²) in [4.78, 5) is 34.1. The topological polar surface area (TPSA) is 84.5 Å². The molecule has 0 aliphatic heterocycles. The molecule has 0 saturated heterocycles. The number of allylic oxidation sites excluding steroid dienone is 1. The number of aromatic nitrogens is 2. The van der Waals surface area contributed by atoms with Crippen molar-refractivity contribution in [1.82, 2.24) is 14.9 Å². The summed E-state index contributed by atoms with van der Waals surface area (Å²) in [5.41, 5.74) is 1.35. The fourth-order valence-electron chi connectivity index (χ4n) is 3.25. The van der Waals surface area contributed by atoms with Gasteiger partial charge in [0, 0.05) is 6.04 Å². The van der Waals surface area contributed by atoms with Crippen LogP contribution in [0.25, 0.3) is 17.0 Å². The molecule has 0 saturated carbocycles. The van der Waals surface area contributed by atoms with Crippen molar-refractivity contribution in [2.24, 2.45) is 0 Å². The SMILES string of the molecule is C/C=C/c1ccc(OCC(=O)N(Cc2nc3ccccc3c(=O)[nH]2)C(C)C)c(OC)c1. The van der Waals surface area contributed by atoms with Crippen molar-refractivity contribution in [1.29, 1.82) is 0 Å². The molecule has 0 aliphatic carbocycles. The van der Waals surface area contributed by atoms with Crippen LogP contribution < -0.4 is 15.0 Å². The fourth-order valence-corrected chi connectivity index (χ4v) is 3.25. The van der Waals surface area contributed by atoms with Crippen LogP contribution in [0.4, 0.5) is 0 Å². The molecular formula is C24H27N3O4. The highest BCUT2D eigenvalue weighted by Crippen LogP contribution is 2.28. The summed E-state index contributed by atoms with van der Waals surface area (Å²) < 4.78 is 11.1. The lowest BCUT2D eigenvalue weighted by atomic mass is 10.2. The number of H-pyrrole nitrogens is 1. The number of carbonyl (C=O) groups excluding carboxylic acids is 1. The van der Waals surface area contributed by atoms with Gasteiger partial charge in [-0.1, -0.05) is 30.4 Å². The normalized spacial score (nSPS) is 11.3. The van der Waals surface area contributed by atoms with Gasteiger partial charge in [-0.05, 0) is 50.6 Å². The molecule has 162 valence electrons. The Morgan fingerprint density at radius 2 is 1.97 bits per heavy atom. The zero-order valence-corrected chi connectivity index (χ0v) is 18.2. The summed E-state index contributed by atoms with van der Waals surface area (Å²) in [6, 6.07) is 12.5. The van der Waals surface area contributed by atoms with Crippen LogP contribution in [0.2, 0.25) is 0 Å². The number of ether oxygens (including phenoxy) is 2. The van der Waals surface area contributed by atoms with Gasteiger partial charge in [0.1, 0.15) is 5.82 Å². The van der Waals surface area contributed by atoms with E-state index in [1.54, 1.807) is 36.3 Å². The smallest absolute Gasteiger partial charge is 0.261 e. The number of nitrogens with zero attached hydrogens (tertiary/aromatic N) is 2. The number of nitrogens with one attached hydrogen (secondary N) is 1. The maximum Gasteiger partial charge on any atom is 0.261 e. The van der Waals surface area contributed by atoms with Crippen molar-refractivity contribution in [3.8, 4) is 11.5 Å². The highest BCUT2D eigenvalue weighted by Gasteiger charge is 2.20. The fraction of sp³-hybridized carbons (Fsp3) is 0.292. The Bertz CT molecular complexity index is 1150. The average molecular weight is 421 g/mol. The Kier molecular flexibility index (Phi) is 7.07. The molecule has 7 heteroatoms. The third-order valence-electron chi connectivity index (χ3n) is 4.82. The molecule has 1 amide bonds. The number of amides is 1. The van der Waals surface area contributed by atoms with Crippen LogP contribution in [0.1, 0.15) is 32.2 Å². The van der Waals surface area contributed by atoms with Gasteiger partial charge in [-0.2, -0.15) is 0 Å². The van der Waals surface area contributed by atoms with E-state index in [2.05, 4.69) is 9.97 Å². The summed E-state index contributed by atoms with van der Waals surface area (Å²) >= 11 is 0. The second kappa shape index (κ2) is 9.93. The van der Waals surface area contributed by atoms with Crippen LogP contribution in [-0.2, 0) is 11.3 Å². The van der Waals surface area contributed by atoms with Gasteiger partial charge in [-0.25, -0.2) is 4.98 Å². The van der Waals surface area contributed by atoms with Gasteiger partial charge in [0.25, 0.3) is 11.5 Å². The molecule has 0 unspecified atom stereocenters. The Morgan fingerprint density at radius 1 is 1.19 bits per heavy atom. The van der Waals surface area contributed by atoms with Crippen molar-refractivity contribution < 1.29 is 14.3 Å². The monoisotopic (exact) mass is 421 g/mol. The lowest BCUT2D eigenvalue weighted by Crippen LogP contribution is -2.40. The van der Waals surface area contributed by atoms with Crippen molar-refractivity contribution >= 4 is 22.9 Å². The van der Waals surface area contributed by atoms with E-state index in [0.29, 0.717) is 28.2 Å². The predicted molar refractivity (Wildman–Crippen MR) is 121 cm³/mol. The van der Waals surface area contributed by atoms with E-state index in [1.165, 1.54) is 0 Å². The number of fused-ring (bicyclic) bond motifs is 1. The molecule has 1 aromatic heterocycles. The largest absolute Gasteiger partial charge is 0.493 e. The zero-order chi connectivity index (χ0) is 22.4. The van der Waals surface area contributed by atoms with Gasteiger partial charge < -0.3 is 19.4 Å². The van der Waals surface area contributed by atoms with Crippen LogP contribution in [0, 0.1) is 0 Å². The van der Waals surface area contributed by atoms with E-state index in [-0.39, 0.29) is 30.7 Å². The average Bonchev–Trinajstić information content (AvgIpc) is 2.76. The second-order valence-corrected chi connectivity index (χ2v) is 7.34. The highest BCUT2D eigenvalue weighted by atomic mass is 16.5. The minimum absolute atomic E-state index is 0.105. The van der Waals surface area contributed by atoms with Crippen molar-refractivity contribution in [2.75, 3.05) is 13.7 Å². The first kappa shape index (κ1) is 22.1. The van der Waals surface area contributed by atoms with Crippen LogP contribution in [0.3, 0.4) is 0 Å². The Hall–Kier alpha value is -3.61. The van der Waals surface area contributed by atoms with Crippen LogP contribution >= 0.6 is 0 Å². The van der Waals surface area contributed by atoms with E-state index in [1.807, 2.05) is 51.1 Å². The molecule has 2 aromatic carbocycles. The standard InChI is InChI=1S/C24H27N3O4/c1-5-8-17-11-12-20(21(13-17)30-4)31-15-23(28)27(16(2)3)14-22-25-19-10-7-6-9-18(19)24(29)26-22/h5-13,16H,14-15H2,1-4H3,(H,25,26,29)/b8-5+. The third-order valence-corrected chi connectivity index (χ3v) is 4.82. The molecule has 1 heterocycles. The van der Waals surface area contributed by atoms with Crippen molar-refractivity contribution in [2.45, 2.75) is 33.4 Å². The van der Waals surface area contributed by atoms with Gasteiger partial charge in [0.05, 0.1) is 24.6 Å². The van der Waals surface area contributed by atoms with E-state index >= 15 is 0 Å². The molecule has 0 radical (unpaired) electrons. The first-order chi connectivity index (χ1) is 14.9. The lowest BCUT2D eigenvalue weighted by Gasteiger charge is -2.26. The molecule has 7 nitrogen and oxygen atoms in total. The number of para-hydroxylation sites is 1. The van der Waals surface area contributed by atoms with Crippen LogP contribution in [0.5, 0.6) is 11.5 Å². The number of hydrogen-bond acceptors (Lipinski definition) is 5. The molecule has 0 atom stereocenters. The molecule has 0 fully saturated rings. The van der Waals surface area contributed by atoms with E-state index in [9.17, 15) is 9.59 Å². The van der Waals surface area contributed by atoms with Gasteiger partial charge in [0.2, 0.25) is 0 Å². The third kappa shape index (κ3) is 5.31. The van der Waals surface area contributed by atoms with Crippen LogP contribution in [0.15, 0.2) is 53.3 Å². The summed E-state index contributed by atoms with van der Waals surface area (Å²) in [7, 11) is 1.56. The van der Waals surface area contributed by atoms with Gasteiger partial charge >= 0.3 is 0 Å². The minimum atomic E-state index is -0.223. The van der Waals surface area contributed by atoms with Crippen LogP contribution in [-0.4, -0.2) is 40.5 Å². The van der Waals surface area contributed by atoms with E-state index < -0.39 is 0 Å². The lowest BCUT2D eigenvalue weighted by molar-refractivity contribution is -0.135. The molecule has 1 N–H and O–H groups in total. The first-order valence-electron chi connectivity index (χ1n) is 10.1. The first-order valence-corrected chi connectivity index (χ1v) is 10.1. The van der Waals surface area contributed by atoms with Gasteiger partial charge in [-0.15, -0.1) is 0 Å². The quantitative estimate of drug-likeness (QED) is 0.598. The number of carbonyl (C=O) groups is 1. The molecule has 3 aromatic rings. The summed E-state index contributed by atoms with van der Waals surface area (Å²) in [6.45, 7) is 5.77. The maximum atomic E-state index is 12.9. The molecule has 3 rings (SSSR count). The molecule has 31 heavy (non-hydrogen) atoms. The number of rotatable bonds is 8. The zero-order valence-electron chi connectivity index (χ0n) is 18.2. The van der Waals surface area contributed by atoms with Crippen molar-refractivity contribution in [3.63, 3.8) is 0 Å². The van der Waals surface area contributed by atoms with Gasteiger partial charge in [-0.3, -0.25) is 9.59 Å². The van der Waals surface area contributed by atoms with E-state index in [0.717, 1.165) is 5.56 Å². The predicted octanol–water partition coefficient (Wildman–Crippen LogP) is 3.78. The number of benzene rings is 2. The molecule has 0 spiro atoms. The molecular weight excluding hydrogens is 394 g/mol. The minimum Gasteiger partial charge on any atom is -0.493 e. The molecule has 0 aliphatic rings. The number of methoxy groups -OCH3 is 1. The van der Waals surface area contributed by atoms with Gasteiger partial charge in [0.15, 0.2) is 18.1 Å². The summed E-state index contributed by atoms with van der Waals surface area (Å²) in [5, 5.41) is 0.519. The Morgan fingerprint density at radius 3 is 2.68 bits per heavy atom. The van der Waals surface area contributed by atoms with E-state index in [4.69, 9.17) is 9.47 Å². The maximum absolute atomic E-state index is 12.9. The second-order valence-electron chi connectivity index (χ2n) is 7.34. The highest BCUT2D eigenvalue weighted by molar-refractivity contribution is 5.79. The molecule has 0 bridgehead atoms. The summed E-state index contributed by atoms with van der Waals surface area (Å²) in [6.07, 6.45) is 3.89. The van der Waals surface area contributed by atoms with Crippen molar-refractivity contribution in [3.05, 3.63) is 70.3 Å². The summed E-state index contributed by atoms with van der Waals surface area (Å²) in [5.74, 6) is 1.26. The Labute approximate surface area is 181 Å². The Balaban J connectivity index is 1.75. The number of aromatic amines is 1.